The third-order valence-corrected chi connectivity index (χ3v) is 5.66. The zero-order valence-electron chi connectivity index (χ0n) is 14.8. The first-order chi connectivity index (χ1) is 12.2. The van der Waals surface area contributed by atoms with Gasteiger partial charge in [0.2, 0.25) is 0 Å². The number of phenols is 1. The highest BCUT2D eigenvalue weighted by molar-refractivity contribution is 6.00. The monoisotopic (exact) mass is 340 g/mol. The lowest BCUT2D eigenvalue weighted by Gasteiger charge is -2.23. The highest BCUT2D eigenvalue weighted by Crippen LogP contribution is 2.61. The maximum atomic E-state index is 12.2. The molecule has 2 aromatic carbocycles. The van der Waals surface area contributed by atoms with Crippen molar-refractivity contribution in [3.8, 4) is 11.5 Å². The molecule has 4 rings (SSSR count). The lowest BCUT2D eigenvalue weighted by molar-refractivity contribution is 0.0992. The van der Waals surface area contributed by atoms with Crippen LogP contribution in [-0.4, -0.2) is 17.9 Å². The van der Waals surface area contributed by atoms with E-state index in [1.165, 1.54) is 0 Å². The van der Waals surface area contributed by atoms with E-state index < -0.39 is 6.16 Å². The molecule has 4 heteroatoms. The molecule has 0 radical (unpaired) electrons. The van der Waals surface area contributed by atoms with Crippen LogP contribution in [0.5, 0.6) is 11.5 Å². The largest absolute Gasteiger partial charge is 0.513 e. The summed E-state index contributed by atoms with van der Waals surface area (Å²) in [5, 5.41) is 12.6. The third kappa shape index (κ3) is 2.46. The van der Waals surface area contributed by atoms with Crippen LogP contribution in [0.1, 0.15) is 68.1 Å². The van der Waals surface area contributed by atoms with Gasteiger partial charge in [0, 0.05) is 21.9 Å². The van der Waals surface area contributed by atoms with Crippen LogP contribution in [0.15, 0.2) is 18.2 Å². The fourth-order valence-electron chi connectivity index (χ4n) is 4.62. The fourth-order valence-corrected chi connectivity index (χ4v) is 4.62. The van der Waals surface area contributed by atoms with Gasteiger partial charge in [0.05, 0.1) is 6.61 Å². The minimum Gasteiger partial charge on any atom is -0.507 e. The summed E-state index contributed by atoms with van der Waals surface area (Å²) in [7, 11) is 0. The Morgan fingerprint density at radius 2 is 1.96 bits per heavy atom. The molecule has 2 aliphatic rings. The summed E-state index contributed by atoms with van der Waals surface area (Å²) in [4.78, 5) is 12.2. The topological polar surface area (TPSA) is 55.8 Å². The molecular formula is C21H24O4. The molecule has 1 N–H and O–H groups in total. The van der Waals surface area contributed by atoms with Gasteiger partial charge in [-0.3, -0.25) is 0 Å². The highest BCUT2D eigenvalue weighted by atomic mass is 16.7. The van der Waals surface area contributed by atoms with Crippen molar-refractivity contribution in [1.29, 1.82) is 0 Å². The molecule has 0 saturated heterocycles. The first kappa shape index (κ1) is 16.2. The van der Waals surface area contributed by atoms with Crippen molar-refractivity contribution in [1.82, 2.24) is 0 Å². The van der Waals surface area contributed by atoms with Crippen LogP contribution in [0.2, 0.25) is 0 Å². The number of aromatic hydroxyl groups is 1. The number of carbonyl (C=O) groups excluding carboxylic acids is 1. The summed E-state index contributed by atoms with van der Waals surface area (Å²) in [5.74, 6) is 1.74. The average Bonchev–Trinajstić information content (AvgIpc) is 3.24. The van der Waals surface area contributed by atoms with Gasteiger partial charge in [-0.2, -0.15) is 0 Å². The molecule has 2 bridgehead atoms. The van der Waals surface area contributed by atoms with Gasteiger partial charge in [0.1, 0.15) is 11.5 Å². The van der Waals surface area contributed by atoms with Gasteiger partial charge in [-0.15, -0.1) is 0 Å². The van der Waals surface area contributed by atoms with Gasteiger partial charge in [-0.1, -0.05) is 32.0 Å². The van der Waals surface area contributed by atoms with E-state index in [0.29, 0.717) is 29.9 Å². The molecule has 0 aliphatic heterocycles. The van der Waals surface area contributed by atoms with Crippen molar-refractivity contribution in [3.05, 3.63) is 34.9 Å². The maximum absolute atomic E-state index is 12.2. The normalized spacial score (nSPS) is 20.7. The summed E-state index contributed by atoms with van der Waals surface area (Å²) in [6, 6.07) is 5.91. The summed E-state index contributed by atoms with van der Waals surface area (Å²) < 4.78 is 10.9. The quantitative estimate of drug-likeness (QED) is 0.598. The molecular weight excluding hydrogens is 316 g/mol. The molecule has 2 atom stereocenters. The minimum absolute atomic E-state index is 0.351. The molecule has 0 amide bonds. The van der Waals surface area contributed by atoms with Crippen molar-refractivity contribution in [2.24, 2.45) is 0 Å². The fraction of sp³-hybridized carbons (Fsp3) is 0.476. The van der Waals surface area contributed by atoms with E-state index in [9.17, 15) is 9.90 Å². The van der Waals surface area contributed by atoms with Crippen LogP contribution in [0.4, 0.5) is 4.79 Å². The SMILES string of the molecule is CCCOC(=O)Oc1c2c(c(O)c3cccc(CC)c13)C1CCC2C1. The second-order valence-corrected chi connectivity index (χ2v) is 7.11. The van der Waals surface area contributed by atoms with Crippen molar-refractivity contribution in [2.75, 3.05) is 6.61 Å². The molecule has 2 aliphatic carbocycles. The van der Waals surface area contributed by atoms with Gasteiger partial charge in [-0.25, -0.2) is 4.79 Å². The Labute approximate surface area is 147 Å². The first-order valence-electron chi connectivity index (χ1n) is 9.30. The number of ether oxygens (including phenoxy) is 2. The molecule has 4 nitrogen and oxygen atoms in total. The Morgan fingerprint density at radius 1 is 1.20 bits per heavy atom. The smallest absolute Gasteiger partial charge is 0.507 e. The van der Waals surface area contributed by atoms with Crippen molar-refractivity contribution < 1.29 is 19.4 Å². The van der Waals surface area contributed by atoms with E-state index in [1.54, 1.807) is 0 Å². The molecule has 1 fully saturated rings. The number of hydrogen-bond acceptors (Lipinski definition) is 4. The van der Waals surface area contributed by atoms with Crippen molar-refractivity contribution in [3.63, 3.8) is 0 Å². The zero-order valence-corrected chi connectivity index (χ0v) is 14.8. The number of fused-ring (bicyclic) bond motifs is 6. The van der Waals surface area contributed by atoms with Crippen molar-refractivity contribution in [2.45, 2.75) is 57.8 Å². The maximum Gasteiger partial charge on any atom is 0.513 e. The van der Waals surface area contributed by atoms with Gasteiger partial charge in [0.15, 0.2) is 0 Å². The number of hydrogen-bond donors (Lipinski definition) is 1. The van der Waals surface area contributed by atoms with Gasteiger partial charge >= 0.3 is 6.16 Å². The molecule has 2 aromatic rings. The molecule has 25 heavy (non-hydrogen) atoms. The van der Waals surface area contributed by atoms with Crippen molar-refractivity contribution >= 4 is 16.9 Å². The summed E-state index contributed by atoms with van der Waals surface area (Å²) >= 11 is 0. The van der Waals surface area contributed by atoms with E-state index in [0.717, 1.165) is 59.6 Å². The number of aryl methyl sites for hydroxylation is 1. The Hall–Kier alpha value is -2.23. The van der Waals surface area contributed by atoms with Crippen LogP contribution in [0.25, 0.3) is 10.8 Å². The van der Waals surface area contributed by atoms with E-state index in [-0.39, 0.29) is 0 Å². The second kappa shape index (κ2) is 6.25. The predicted molar refractivity (Wildman–Crippen MR) is 96.6 cm³/mol. The first-order valence-corrected chi connectivity index (χ1v) is 9.30. The van der Waals surface area contributed by atoms with Gasteiger partial charge in [0.25, 0.3) is 0 Å². The number of benzene rings is 2. The number of phenolic OH excluding ortho intramolecular Hbond substituents is 1. The van der Waals surface area contributed by atoms with E-state index in [4.69, 9.17) is 9.47 Å². The molecule has 1 saturated carbocycles. The number of carbonyl (C=O) groups is 1. The predicted octanol–water partition coefficient (Wildman–Crippen LogP) is 5.40. The minimum atomic E-state index is -0.648. The summed E-state index contributed by atoms with van der Waals surface area (Å²) in [6.07, 6.45) is 4.16. The van der Waals surface area contributed by atoms with E-state index in [2.05, 4.69) is 6.92 Å². The second-order valence-electron chi connectivity index (χ2n) is 7.11. The highest BCUT2D eigenvalue weighted by Gasteiger charge is 2.43. The Kier molecular flexibility index (Phi) is 4.06. The Balaban J connectivity index is 1.94. The third-order valence-electron chi connectivity index (χ3n) is 5.66. The standard InChI is InChI=1S/C21H24O4/c1-3-10-24-21(23)25-20-16-12(4-2)6-5-7-15(16)19(22)17-13-8-9-14(11-13)18(17)20/h5-7,13-14,22H,3-4,8-11H2,1-2H3. The summed E-state index contributed by atoms with van der Waals surface area (Å²) in [6.45, 7) is 4.38. The molecule has 0 spiro atoms. The number of rotatable bonds is 4. The van der Waals surface area contributed by atoms with Gasteiger partial charge < -0.3 is 14.6 Å². The van der Waals surface area contributed by atoms with Crippen LogP contribution < -0.4 is 4.74 Å². The van der Waals surface area contributed by atoms with E-state index >= 15 is 0 Å². The lowest BCUT2D eigenvalue weighted by Crippen LogP contribution is -2.14. The Morgan fingerprint density at radius 3 is 2.68 bits per heavy atom. The van der Waals surface area contributed by atoms with Gasteiger partial charge in [-0.05, 0) is 49.5 Å². The zero-order chi connectivity index (χ0) is 17.6. The molecule has 0 heterocycles. The van der Waals surface area contributed by atoms with Crippen LogP contribution in [-0.2, 0) is 11.2 Å². The van der Waals surface area contributed by atoms with E-state index in [1.807, 2.05) is 25.1 Å². The van der Waals surface area contributed by atoms with Crippen LogP contribution >= 0.6 is 0 Å². The van der Waals surface area contributed by atoms with Crippen LogP contribution in [0, 0.1) is 0 Å². The molecule has 132 valence electrons. The summed E-state index contributed by atoms with van der Waals surface area (Å²) in [5.41, 5.74) is 3.11. The Bertz CT molecular complexity index is 840. The average molecular weight is 340 g/mol. The van der Waals surface area contributed by atoms with Crippen LogP contribution in [0.3, 0.4) is 0 Å². The molecule has 2 unspecified atom stereocenters. The molecule has 0 aromatic heterocycles. The lowest BCUT2D eigenvalue weighted by atomic mass is 9.86.